The zero-order chi connectivity index (χ0) is 14.4. The molecule has 0 amide bonds. The van der Waals surface area contributed by atoms with Gasteiger partial charge in [0.2, 0.25) is 0 Å². The number of aromatic nitrogens is 1. The standard InChI is InChI=1S/C17H19NO2/c1-13-7-3-4-11-16(13)17(19)20-12-6-10-15-9-5-8-14(2)18-15/h3-5,7-9,11H,6,10,12H2,1-2H3. The largest absolute Gasteiger partial charge is 0.462 e. The Kier molecular flexibility index (Phi) is 4.88. The first-order chi connectivity index (χ1) is 9.66. The first-order valence-electron chi connectivity index (χ1n) is 6.82. The summed E-state index contributed by atoms with van der Waals surface area (Å²) in [7, 11) is 0. The van der Waals surface area contributed by atoms with Crippen molar-refractivity contribution in [3.63, 3.8) is 0 Å². The maximum atomic E-state index is 11.9. The summed E-state index contributed by atoms with van der Waals surface area (Å²) in [5.41, 5.74) is 3.63. The summed E-state index contributed by atoms with van der Waals surface area (Å²) in [6, 6.07) is 13.4. The van der Waals surface area contributed by atoms with Crippen molar-refractivity contribution in [2.24, 2.45) is 0 Å². The third-order valence-electron chi connectivity index (χ3n) is 3.12. The molecule has 0 saturated heterocycles. The van der Waals surface area contributed by atoms with Crippen LogP contribution in [0.1, 0.15) is 33.7 Å². The quantitative estimate of drug-likeness (QED) is 0.616. The van der Waals surface area contributed by atoms with Gasteiger partial charge in [-0.05, 0) is 50.5 Å². The molecule has 0 bridgehead atoms. The fourth-order valence-corrected chi connectivity index (χ4v) is 2.04. The highest BCUT2D eigenvalue weighted by atomic mass is 16.5. The molecule has 0 unspecified atom stereocenters. The minimum absolute atomic E-state index is 0.250. The molecule has 0 fully saturated rings. The number of ether oxygens (including phenoxy) is 1. The van der Waals surface area contributed by atoms with Crippen LogP contribution in [0.5, 0.6) is 0 Å². The minimum atomic E-state index is -0.250. The molecular formula is C17H19NO2. The second kappa shape index (κ2) is 6.85. The molecule has 3 heteroatoms. The summed E-state index contributed by atoms with van der Waals surface area (Å²) in [5.74, 6) is -0.250. The van der Waals surface area contributed by atoms with Crippen LogP contribution in [-0.4, -0.2) is 17.6 Å². The Hall–Kier alpha value is -2.16. The molecule has 0 aliphatic carbocycles. The summed E-state index contributed by atoms with van der Waals surface area (Å²) in [5, 5.41) is 0. The monoisotopic (exact) mass is 269 g/mol. The molecule has 2 aromatic rings. The first kappa shape index (κ1) is 14.3. The van der Waals surface area contributed by atoms with Crippen LogP contribution in [0.3, 0.4) is 0 Å². The van der Waals surface area contributed by atoms with Gasteiger partial charge in [-0.15, -0.1) is 0 Å². The van der Waals surface area contributed by atoms with Crippen LogP contribution in [0.25, 0.3) is 0 Å². The number of hydrogen-bond donors (Lipinski definition) is 0. The predicted molar refractivity (Wildman–Crippen MR) is 78.8 cm³/mol. The van der Waals surface area contributed by atoms with E-state index < -0.39 is 0 Å². The van der Waals surface area contributed by atoms with E-state index in [0.717, 1.165) is 29.8 Å². The minimum Gasteiger partial charge on any atom is -0.462 e. The molecule has 20 heavy (non-hydrogen) atoms. The van der Waals surface area contributed by atoms with Gasteiger partial charge in [0.1, 0.15) is 0 Å². The number of benzene rings is 1. The summed E-state index contributed by atoms with van der Waals surface area (Å²) in [4.78, 5) is 16.3. The van der Waals surface area contributed by atoms with E-state index in [4.69, 9.17) is 4.74 Å². The topological polar surface area (TPSA) is 39.2 Å². The van der Waals surface area contributed by atoms with Gasteiger partial charge < -0.3 is 4.74 Å². The van der Waals surface area contributed by atoms with E-state index in [0.29, 0.717) is 12.2 Å². The van der Waals surface area contributed by atoms with Gasteiger partial charge in [0.05, 0.1) is 12.2 Å². The molecule has 104 valence electrons. The summed E-state index contributed by atoms with van der Waals surface area (Å²) in [6.45, 7) is 4.30. The fraction of sp³-hybridized carbons (Fsp3) is 0.294. The summed E-state index contributed by atoms with van der Waals surface area (Å²) >= 11 is 0. The Labute approximate surface area is 119 Å². The van der Waals surface area contributed by atoms with Gasteiger partial charge in [0.15, 0.2) is 0 Å². The van der Waals surface area contributed by atoms with Crippen LogP contribution < -0.4 is 0 Å². The lowest BCUT2D eigenvalue weighted by Crippen LogP contribution is -2.08. The maximum absolute atomic E-state index is 11.9. The summed E-state index contributed by atoms with van der Waals surface area (Å²) < 4.78 is 5.29. The molecule has 0 atom stereocenters. The van der Waals surface area contributed by atoms with Crippen molar-refractivity contribution >= 4 is 5.97 Å². The average molecular weight is 269 g/mol. The highest BCUT2D eigenvalue weighted by Crippen LogP contribution is 2.09. The van der Waals surface area contributed by atoms with Crippen molar-refractivity contribution < 1.29 is 9.53 Å². The van der Waals surface area contributed by atoms with E-state index in [1.807, 2.05) is 50.2 Å². The molecule has 3 nitrogen and oxygen atoms in total. The Morgan fingerprint density at radius 2 is 1.90 bits per heavy atom. The van der Waals surface area contributed by atoms with Crippen molar-refractivity contribution in [1.82, 2.24) is 4.98 Å². The lowest BCUT2D eigenvalue weighted by molar-refractivity contribution is 0.0499. The van der Waals surface area contributed by atoms with Crippen molar-refractivity contribution in [2.45, 2.75) is 26.7 Å². The molecule has 0 N–H and O–H groups in total. The average Bonchev–Trinajstić information content (AvgIpc) is 2.44. The number of rotatable bonds is 5. The number of carbonyl (C=O) groups is 1. The van der Waals surface area contributed by atoms with E-state index in [1.165, 1.54) is 0 Å². The molecule has 1 aromatic heterocycles. The van der Waals surface area contributed by atoms with Crippen molar-refractivity contribution in [2.75, 3.05) is 6.61 Å². The Morgan fingerprint density at radius 1 is 1.10 bits per heavy atom. The third-order valence-corrected chi connectivity index (χ3v) is 3.12. The van der Waals surface area contributed by atoms with Crippen LogP contribution in [0.4, 0.5) is 0 Å². The number of esters is 1. The number of aryl methyl sites for hydroxylation is 3. The number of pyridine rings is 1. The Bertz CT molecular complexity index is 593. The Morgan fingerprint density at radius 3 is 2.65 bits per heavy atom. The van der Waals surface area contributed by atoms with E-state index in [2.05, 4.69) is 4.98 Å². The van der Waals surface area contributed by atoms with E-state index >= 15 is 0 Å². The van der Waals surface area contributed by atoms with Gasteiger partial charge >= 0.3 is 5.97 Å². The second-order valence-corrected chi connectivity index (χ2v) is 4.82. The highest BCUT2D eigenvalue weighted by molar-refractivity contribution is 5.90. The fourth-order valence-electron chi connectivity index (χ4n) is 2.04. The maximum Gasteiger partial charge on any atom is 0.338 e. The number of nitrogens with zero attached hydrogens (tertiary/aromatic N) is 1. The molecule has 0 radical (unpaired) electrons. The predicted octanol–water partition coefficient (Wildman–Crippen LogP) is 3.49. The van der Waals surface area contributed by atoms with Gasteiger partial charge in [0.25, 0.3) is 0 Å². The van der Waals surface area contributed by atoms with Crippen LogP contribution in [0.2, 0.25) is 0 Å². The molecule has 1 aromatic carbocycles. The molecule has 0 spiro atoms. The normalized spacial score (nSPS) is 10.3. The van der Waals surface area contributed by atoms with E-state index in [-0.39, 0.29) is 5.97 Å². The van der Waals surface area contributed by atoms with Crippen LogP contribution in [0.15, 0.2) is 42.5 Å². The van der Waals surface area contributed by atoms with Crippen molar-refractivity contribution in [1.29, 1.82) is 0 Å². The number of carbonyl (C=O) groups excluding carboxylic acids is 1. The highest BCUT2D eigenvalue weighted by Gasteiger charge is 2.09. The van der Waals surface area contributed by atoms with Gasteiger partial charge in [-0.2, -0.15) is 0 Å². The summed E-state index contributed by atoms with van der Waals surface area (Å²) in [6.07, 6.45) is 1.61. The molecule has 0 saturated carbocycles. The van der Waals surface area contributed by atoms with Crippen molar-refractivity contribution in [3.8, 4) is 0 Å². The van der Waals surface area contributed by atoms with Crippen LogP contribution in [-0.2, 0) is 11.2 Å². The first-order valence-corrected chi connectivity index (χ1v) is 6.82. The van der Waals surface area contributed by atoms with E-state index in [1.54, 1.807) is 6.07 Å². The Balaban J connectivity index is 1.79. The lowest BCUT2D eigenvalue weighted by Gasteiger charge is -2.07. The third kappa shape index (κ3) is 3.92. The lowest BCUT2D eigenvalue weighted by atomic mass is 10.1. The number of hydrogen-bond acceptors (Lipinski definition) is 3. The molecule has 2 rings (SSSR count). The van der Waals surface area contributed by atoms with Gasteiger partial charge in [-0.25, -0.2) is 4.79 Å². The molecule has 0 aliphatic heterocycles. The molecule has 1 heterocycles. The molecule has 0 aliphatic rings. The van der Waals surface area contributed by atoms with Gasteiger partial charge in [0, 0.05) is 11.4 Å². The smallest absolute Gasteiger partial charge is 0.338 e. The van der Waals surface area contributed by atoms with Crippen molar-refractivity contribution in [3.05, 3.63) is 65.0 Å². The van der Waals surface area contributed by atoms with Crippen LogP contribution in [0, 0.1) is 13.8 Å². The van der Waals surface area contributed by atoms with Gasteiger partial charge in [-0.3, -0.25) is 4.98 Å². The van der Waals surface area contributed by atoms with Gasteiger partial charge in [-0.1, -0.05) is 24.3 Å². The SMILES string of the molecule is Cc1cccc(CCCOC(=O)c2ccccc2C)n1. The zero-order valence-corrected chi connectivity index (χ0v) is 11.9. The molecular weight excluding hydrogens is 250 g/mol. The van der Waals surface area contributed by atoms with Crippen LogP contribution >= 0.6 is 0 Å². The zero-order valence-electron chi connectivity index (χ0n) is 11.9. The van der Waals surface area contributed by atoms with E-state index in [9.17, 15) is 4.79 Å². The second-order valence-electron chi connectivity index (χ2n) is 4.82.